The van der Waals surface area contributed by atoms with Crippen molar-refractivity contribution in [2.75, 3.05) is 18.0 Å². The van der Waals surface area contributed by atoms with Crippen molar-refractivity contribution >= 4 is 17.4 Å². The monoisotopic (exact) mass is 300 g/mol. The number of amides is 1. The summed E-state index contributed by atoms with van der Waals surface area (Å²) in [4.78, 5) is 13.4. The Balaban J connectivity index is 1.59. The summed E-state index contributed by atoms with van der Waals surface area (Å²) in [5, 5.41) is 13.2. The van der Waals surface area contributed by atoms with Crippen molar-refractivity contribution in [3.8, 4) is 0 Å². The van der Waals surface area contributed by atoms with E-state index in [1.54, 1.807) is 0 Å². The van der Waals surface area contributed by atoms with Gasteiger partial charge in [-0.25, -0.2) is 0 Å². The average Bonchev–Trinajstić information content (AvgIpc) is 3.26. The van der Waals surface area contributed by atoms with E-state index in [4.69, 9.17) is 10.8 Å². The maximum atomic E-state index is 11.1. The third-order valence-electron chi connectivity index (χ3n) is 4.55. The zero-order chi connectivity index (χ0) is 15.1. The van der Waals surface area contributed by atoms with Gasteiger partial charge in [-0.3, -0.25) is 4.79 Å². The van der Waals surface area contributed by atoms with Crippen LogP contribution in [0, 0.1) is 5.92 Å². The summed E-state index contributed by atoms with van der Waals surface area (Å²) in [6.07, 6.45) is 4.93. The second kappa shape index (κ2) is 5.23. The molecule has 1 aliphatic carbocycles. The van der Waals surface area contributed by atoms with E-state index in [0.717, 1.165) is 43.2 Å². The highest BCUT2D eigenvalue weighted by molar-refractivity contribution is 5.74. The van der Waals surface area contributed by atoms with Gasteiger partial charge in [0.25, 0.3) is 0 Å². The minimum absolute atomic E-state index is 0.218. The number of primary amides is 1. The zero-order valence-electron chi connectivity index (χ0n) is 12.5. The van der Waals surface area contributed by atoms with E-state index in [1.807, 2.05) is 16.6 Å². The lowest BCUT2D eigenvalue weighted by atomic mass is 9.94. The molecule has 7 nitrogen and oxygen atoms in total. The third kappa shape index (κ3) is 2.51. The minimum atomic E-state index is -0.218. The Morgan fingerprint density at radius 1 is 1.27 bits per heavy atom. The molecule has 0 aromatic carbocycles. The van der Waals surface area contributed by atoms with E-state index in [1.165, 1.54) is 12.8 Å². The first kappa shape index (κ1) is 13.5. The quantitative estimate of drug-likeness (QED) is 0.913. The summed E-state index contributed by atoms with van der Waals surface area (Å²) in [6.45, 7) is 1.80. The van der Waals surface area contributed by atoms with E-state index in [-0.39, 0.29) is 5.91 Å². The standard InChI is InChI=1S/C15H20N6O/c16-12(22)8-10-2-1-7-20(9-10)14-6-5-13-17-18-15(11-3-4-11)21(13)19-14/h5-6,10-11H,1-4,7-9H2,(H2,16,22). The summed E-state index contributed by atoms with van der Waals surface area (Å²) in [5.74, 6) is 2.53. The normalized spacial score (nSPS) is 22.2. The fraction of sp³-hybridized carbons (Fsp3) is 0.600. The molecule has 0 bridgehead atoms. The Bertz CT molecular complexity index is 707. The van der Waals surface area contributed by atoms with Crippen LogP contribution in [0.3, 0.4) is 0 Å². The van der Waals surface area contributed by atoms with Crippen LogP contribution in [-0.2, 0) is 4.79 Å². The van der Waals surface area contributed by atoms with Crippen LogP contribution in [0.25, 0.3) is 5.65 Å². The SMILES string of the molecule is NC(=O)CC1CCCN(c2ccc3nnc(C4CC4)n3n2)C1. The predicted molar refractivity (Wildman–Crippen MR) is 81.5 cm³/mol. The molecular weight excluding hydrogens is 280 g/mol. The summed E-state index contributed by atoms with van der Waals surface area (Å²) < 4.78 is 1.88. The molecule has 4 rings (SSSR count). The largest absolute Gasteiger partial charge is 0.370 e. The average molecular weight is 300 g/mol. The van der Waals surface area contributed by atoms with Crippen molar-refractivity contribution in [2.24, 2.45) is 11.7 Å². The van der Waals surface area contributed by atoms with Gasteiger partial charge in [0.05, 0.1) is 0 Å². The van der Waals surface area contributed by atoms with E-state index >= 15 is 0 Å². The summed E-state index contributed by atoms with van der Waals surface area (Å²) in [7, 11) is 0. The molecule has 2 N–H and O–H groups in total. The molecule has 1 amide bonds. The molecule has 2 aliphatic rings. The van der Waals surface area contributed by atoms with Crippen molar-refractivity contribution in [1.29, 1.82) is 0 Å². The molecule has 0 radical (unpaired) electrons. The van der Waals surface area contributed by atoms with Gasteiger partial charge in [-0.05, 0) is 43.7 Å². The van der Waals surface area contributed by atoms with E-state index in [9.17, 15) is 4.79 Å². The molecule has 2 aromatic heterocycles. The van der Waals surface area contributed by atoms with Gasteiger partial charge in [0.15, 0.2) is 11.5 Å². The maximum absolute atomic E-state index is 11.1. The lowest BCUT2D eigenvalue weighted by Crippen LogP contribution is -2.37. The van der Waals surface area contributed by atoms with Gasteiger partial charge >= 0.3 is 0 Å². The molecule has 2 fully saturated rings. The van der Waals surface area contributed by atoms with E-state index in [0.29, 0.717) is 18.3 Å². The van der Waals surface area contributed by atoms with Crippen LogP contribution in [0.15, 0.2) is 12.1 Å². The second-order valence-corrected chi connectivity index (χ2v) is 6.42. The van der Waals surface area contributed by atoms with Crippen LogP contribution in [-0.4, -0.2) is 38.8 Å². The zero-order valence-corrected chi connectivity index (χ0v) is 12.5. The molecule has 7 heteroatoms. The van der Waals surface area contributed by atoms with Gasteiger partial charge in [-0.1, -0.05) is 0 Å². The fourth-order valence-electron chi connectivity index (χ4n) is 3.28. The molecular formula is C15H20N6O. The molecule has 0 spiro atoms. The number of fused-ring (bicyclic) bond motifs is 1. The smallest absolute Gasteiger partial charge is 0.217 e. The van der Waals surface area contributed by atoms with Crippen molar-refractivity contribution < 1.29 is 4.79 Å². The summed E-state index contributed by atoms with van der Waals surface area (Å²) in [5.41, 5.74) is 6.14. The van der Waals surface area contributed by atoms with Gasteiger partial charge in [-0.2, -0.15) is 4.52 Å². The Kier molecular flexibility index (Phi) is 3.20. The van der Waals surface area contributed by atoms with E-state index < -0.39 is 0 Å². The number of aromatic nitrogens is 4. The third-order valence-corrected chi connectivity index (χ3v) is 4.55. The number of anilines is 1. The highest BCUT2D eigenvalue weighted by Gasteiger charge is 2.30. The van der Waals surface area contributed by atoms with Crippen LogP contribution in [0.4, 0.5) is 5.82 Å². The Labute approximate surface area is 128 Å². The second-order valence-electron chi connectivity index (χ2n) is 6.42. The topological polar surface area (TPSA) is 89.4 Å². The first-order chi connectivity index (χ1) is 10.7. The number of carbonyl (C=O) groups excluding carboxylic acids is 1. The molecule has 1 unspecified atom stereocenters. The number of carbonyl (C=O) groups is 1. The van der Waals surface area contributed by atoms with Crippen molar-refractivity contribution in [3.63, 3.8) is 0 Å². The molecule has 1 atom stereocenters. The first-order valence-electron chi connectivity index (χ1n) is 7.96. The van der Waals surface area contributed by atoms with Gasteiger partial charge in [0, 0.05) is 25.4 Å². The van der Waals surface area contributed by atoms with Crippen LogP contribution >= 0.6 is 0 Å². The van der Waals surface area contributed by atoms with Gasteiger partial charge in [0.2, 0.25) is 5.91 Å². The number of hydrogen-bond donors (Lipinski definition) is 1. The number of hydrogen-bond acceptors (Lipinski definition) is 5. The number of piperidine rings is 1. The van der Waals surface area contributed by atoms with Gasteiger partial charge in [0.1, 0.15) is 5.82 Å². The Morgan fingerprint density at radius 2 is 2.14 bits per heavy atom. The van der Waals surface area contributed by atoms with Crippen LogP contribution in [0.5, 0.6) is 0 Å². The number of nitrogens with zero attached hydrogens (tertiary/aromatic N) is 5. The predicted octanol–water partition coefficient (Wildman–Crippen LogP) is 1.09. The van der Waals surface area contributed by atoms with Crippen LogP contribution in [0.2, 0.25) is 0 Å². The number of nitrogens with two attached hydrogens (primary N) is 1. The van der Waals surface area contributed by atoms with Crippen molar-refractivity contribution in [1.82, 2.24) is 19.8 Å². The van der Waals surface area contributed by atoms with Crippen LogP contribution < -0.4 is 10.6 Å². The molecule has 22 heavy (non-hydrogen) atoms. The maximum Gasteiger partial charge on any atom is 0.217 e. The van der Waals surface area contributed by atoms with Crippen LogP contribution in [0.1, 0.15) is 43.8 Å². The minimum Gasteiger partial charge on any atom is -0.370 e. The lowest BCUT2D eigenvalue weighted by molar-refractivity contribution is -0.118. The van der Waals surface area contributed by atoms with Gasteiger partial charge < -0.3 is 10.6 Å². The summed E-state index contributed by atoms with van der Waals surface area (Å²) >= 11 is 0. The first-order valence-corrected chi connectivity index (χ1v) is 7.96. The Hall–Kier alpha value is -2.18. The Morgan fingerprint density at radius 3 is 2.91 bits per heavy atom. The molecule has 116 valence electrons. The van der Waals surface area contributed by atoms with Gasteiger partial charge in [-0.15, -0.1) is 15.3 Å². The lowest BCUT2D eigenvalue weighted by Gasteiger charge is -2.33. The summed E-state index contributed by atoms with van der Waals surface area (Å²) in [6, 6.07) is 3.96. The molecule has 1 aliphatic heterocycles. The highest BCUT2D eigenvalue weighted by Crippen LogP contribution is 2.38. The van der Waals surface area contributed by atoms with Crippen molar-refractivity contribution in [3.05, 3.63) is 18.0 Å². The molecule has 3 heterocycles. The fourth-order valence-corrected chi connectivity index (χ4v) is 3.28. The highest BCUT2D eigenvalue weighted by atomic mass is 16.1. The molecule has 2 aromatic rings. The number of rotatable bonds is 4. The van der Waals surface area contributed by atoms with E-state index in [2.05, 4.69) is 15.1 Å². The molecule has 1 saturated heterocycles. The van der Waals surface area contributed by atoms with Crippen molar-refractivity contribution in [2.45, 2.75) is 38.0 Å². The molecule has 1 saturated carbocycles.